The highest BCUT2D eigenvalue weighted by Gasteiger charge is 2.33. The number of halogens is 1. The summed E-state index contributed by atoms with van der Waals surface area (Å²) in [4.78, 5) is 14.6. The SMILES string of the molecule is COCc1ccc(-c2ccc(N(C)C(=O)C(C)(C)Oc3ccc(F)cc3)cc2)cc1. The second kappa shape index (κ2) is 9.09. The van der Waals surface area contributed by atoms with E-state index in [1.165, 1.54) is 24.3 Å². The highest BCUT2D eigenvalue weighted by molar-refractivity contribution is 5.98. The van der Waals surface area contributed by atoms with Gasteiger partial charge in [0, 0.05) is 19.8 Å². The second-order valence-corrected chi connectivity index (χ2v) is 7.61. The van der Waals surface area contributed by atoms with Gasteiger partial charge in [-0.05, 0) is 66.9 Å². The van der Waals surface area contributed by atoms with Gasteiger partial charge >= 0.3 is 0 Å². The molecule has 4 nitrogen and oxygen atoms in total. The lowest BCUT2D eigenvalue weighted by Crippen LogP contribution is -2.47. The van der Waals surface area contributed by atoms with E-state index in [0.29, 0.717) is 12.4 Å². The topological polar surface area (TPSA) is 38.8 Å². The van der Waals surface area contributed by atoms with Crippen LogP contribution >= 0.6 is 0 Å². The molecule has 30 heavy (non-hydrogen) atoms. The van der Waals surface area contributed by atoms with Crippen molar-refractivity contribution in [3.8, 4) is 16.9 Å². The van der Waals surface area contributed by atoms with E-state index in [4.69, 9.17) is 9.47 Å². The smallest absolute Gasteiger partial charge is 0.270 e. The predicted octanol–water partition coefficient (Wildman–Crippen LogP) is 5.46. The van der Waals surface area contributed by atoms with Gasteiger partial charge in [0.25, 0.3) is 5.91 Å². The molecule has 0 radical (unpaired) electrons. The number of methoxy groups -OCH3 is 1. The van der Waals surface area contributed by atoms with Crippen molar-refractivity contribution in [3.05, 3.63) is 84.2 Å². The van der Waals surface area contributed by atoms with Gasteiger partial charge in [0.15, 0.2) is 5.60 Å². The van der Waals surface area contributed by atoms with Gasteiger partial charge in [0.05, 0.1) is 6.61 Å². The molecule has 0 unspecified atom stereocenters. The van der Waals surface area contributed by atoms with E-state index >= 15 is 0 Å². The third-order valence-electron chi connectivity index (χ3n) is 4.86. The molecule has 3 aromatic rings. The number of ether oxygens (including phenoxy) is 2. The van der Waals surface area contributed by atoms with Crippen molar-refractivity contribution in [1.82, 2.24) is 0 Å². The standard InChI is InChI=1S/C25H26FNO3/c1-25(2,30-23-15-11-21(26)12-16-23)24(28)27(3)22-13-9-20(10-14-22)19-7-5-18(6-8-19)17-29-4/h5-16H,17H2,1-4H3. The van der Waals surface area contributed by atoms with Gasteiger partial charge in [-0.1, -0.05) is 36.4 Å². The van der Waals surface area contributed by atoms with Crippen LogP contribution in [0.1, 0.15) is 19.4 Å². The van der Waals surface area contributed by atoms with Gasteiger partial charge < -0.3 is 14.4 Å². The van der Waals surface area contributed by atoms with E-state index in [0.717, 1.165) is 22.4 Å². The lowest BCUT2D eigenvalue weighted by atomic mass is 10.0. The summed E-state index contributed by atoms with van der Waals surface area (Å²) < 4.78 is 24.1. The second-order valence-electron chi connectivity index (χ2n) is 7.61. The molecule has 0 fully saturated rings. The van der Waals surface area contributed by atoms with Crippen LogP contribution in [0, 0.1) is 5.82 Å². The van der Waals surface area contributed by atoms with Crippen LogP contribution in [0.25, 0.3) is 11.1 Å². The zero-order valence-electron chi connectivity index (χ0n) is 17.7. The maximum Gasteiger partial charge on any atom is 0.270 e. The summed E-state index contributed by atoms with van der Waals surface area (Å²) in [5, 5.41) is 0. The van der Waals surface area contributed by atoms with Crippen molar-refractivity contribution in [2.75, 3.05) is 19.1 Å². The molecule has 0 saturated carbocycles. The molecule has 0 heterocycles. The van der Waals surface area contributed by atoms with Gasteiger partial charge in [-0.25, -0.2) is 4.39 Å². The normalized spacial score (nSPS) is 11.2. The van der Waals surface area contributed by atoms with Crippen molar-refractivity contribution < 1.29 is 18.7 Å². The zero-order chi connectivity index (χ0) is 21.7. The molecular weight excluding hydrogens is 381 g/mol. The number of rotatable bonds is 7. The average molecular weight is 407 g/mol. The molecule has 0 spiro atoms. The van der Waals surface area contributed by atoms with E-state index in [-0.39, 0.29) is 11.7 Å². The number of likely N-dealkylation sites (N-methyl/N-ethyl adjacent to an activating group) is 1. The lowest BCUT2D eigenvalue weighted by molar-refractivity contribution is -0.131. The Morgan fingerprint density at radius 2 is 1.43 bits per heavy atom. The fourth-order valence-corrected chi connectivity index (χ4v) is 3.20. The molecule has 0 aliphatic carbocycles. The first-order valence-electron chi connectivity index (χ1n) is 9.71. The lowest BCUT2D eigenvalue weighted by Gasteiger charge is -2.30. The Kier molecular flexibility index (Phi) is 6.53. The van der Waals surface area contributed by atoms with Gasteiger partial charge in [0.2, 0.25) is 0 Å². The minimum Gasteiger partial charge on any atom is -0.478 e. The zero-order valence-corrected chi connectivity index (χ0v) is 17.7. The Morgan fingerprint density at radius 1 is 0.900 bits per heavy atom. The number of anilines is 1. The largest absolute Gasteiger partial charge is 0.478 e. The Labute approximate surface area is 176 Å². The molecule has 0 atom stereocenters. The van der Waals surface area contributed by atoms with Crippen molar-refractivity contribution in [3.63, 3.8) is 0 Å². The molecule has 0 saturated heterocycles. The molecule has 0 aromatic heterocycles. The van der Waals surface area contributed by atoms with Crippen LogP contribution in [0.5, 0.6) is 5.75 Å². The number of benzene rings is 3. The van der Waals surface area contributed by atoms with Gasteiger partial charge in [-0.15, -0.1) is 0 Å². The third-order valence-corrected chi connectivity index (χ3v) is 4.86. The number of amides is 1. The van der Waals surface area contributed by atoms with Crippen molar-refractivity contribution in [1.29, 1.82) is 0 Å². The number of carbonyl (C=O) groups excluding carboxylic acids is 1. The number of hydrogen-bond donors (Lipinski definition) is 0. The van der Waals surface area contributed by atoms with Crippen LogP contribution in [-0.2, 0) is 16.1 Å². The number of carbonyl (C=O) groups is 1. The minimum atomic E-state index is -1.11. The monoisotopic (exact) mass is 407 g/mol. The first-order valence-corrected chi connectivity index (χ1v) is 9.71. The highest BCUT2D eigenvalue weighted by atomic mass is 19.1. The predicted molar refractivity (Wildman–Crippen MR) is 117 cm³/mol. The van der Waals surface area contributed by atoms with Gasteiger partial charge in [-0.2, -0.15) is 0 Å². The van der Waals surface area contributed by atoms with E-state index in [1.54, 1.807) is 32.9 Å². The van der Waals surface area contributed by atoms with Crippen LogP contribution < -0.4 is 9.64 Å². The third kappa shape index (κ3) is 5.05. The summed E-state index contributed by atoms with van der Waals surface area (Å²) in [5.41, 5.74) is 2.92. The molecule has 0 bridgehead atoms. The number of nitrogens with zero attached hydrogens (tertiary/aromatic N) is 1. The van der Waals surface area contributed by atoms with E-state index in [9.17, 15) is 9.18 Å². The molecule has 0 N–H and O–H groups in total. The van der Waals surface area contributed by atoms with Gasteiger partial charge in [0.1, 0.15) is 11.6 Å². The Bertz CT molecular complexity index is 980. The van der Waals surface area contributed by atoms with Crippen molar-refractivity contribution in [2.24, 2.45) is 0 Å². The van der Waals surface area contributed by atoms with E-state index in [1.807, 2.05) is 36.4 Å². The first kappa shape index (κ1) is 21.5. The van der Waals surface area contributed by atoms with Gasteiger partial charge in [-0.3, -0.25) is 4.79 Å². The fraction of sp³-hybridized carbons (Fsp3) is 0.240. The van der Waals surface area contributed by atoms with Crippen LogP contribution in [0.2, 0.25) is 0 Å². The average Bonchev–Trinajstić information content (AvgIpc) is 2.75. The molecule has 1 amide bonds. The maximum atomic E-state index is 13.1. The first-order chi connectivity index (χ1) is 14.3. The molecule has 5 heteroatoms. The molecule has 0 aliphatic rings. The summed E-state index contributed by atoms with van der Waals surface area (Å²) >= 11 is 0. The minimum absolute atomic E-state index is 0.205. The molecular formula is C25H26FNO3. The Balaban J connectivity index is 1.71. The summed E-state index contributed by atoms with van der Waals surface area (Å²) in [7, 11) is 3.39. The molecule has 0 aliphatic heterocycles. The number of hydrogen-bond acceptors (Lipinski definition) is 3. The van der Waals surface area contributed by atoms with Crippen LogP contribution in [0.3, 0.4) is 0 Å². The summed E-state index contributed by atoms with van der Waals surface area (Å²) in [5.74, 6) is -0.115. The Hall–Kier alpha value is -3.18. The van der Waals surface area contributed by atoms with Crippen molar-refractivity contribution >= 4 is 11.6 Å². The molecule has 156 valence electrons. The van der Waals surface area contributed by atoms with Crippen LogP contribution in [0.4, 0.5) is 10.1 Å². The molecule has 3 rings (SSSR count). The molecule has 3 aromatic carbocycles. The Morgan fingerprint density at radius 3 is 1.97 bits per heavy atom. The van der Waals surface area contributed by atoms with Crippen LogP contribution in [0.15, 0.2) is 72.8 Å². The van der Waals surface area contributed by atoms with E-state index < -0.39 is 5.60 Å². The van der Waals surface area contributed by atoms with Crippen molar-refractivity contribution in [2.45, 2.75) is 26.1 Å². The van der Waals surface area contributed by atoms with Crippen LogP contribution in [-0.4, -0.2) is 25.7 Å². The quantitative estimate of drug-likeness (QED) is 0.522. The summed E-state index contributed by atoms with van der Waals surface area (Å²) in [6, 6.07) is 21.6. The fourth-order valence-electron chi connectivity index (χ4n) is 3.20. The summed E-state index contributed by atoms with van der Waals surface area (Å²) in [6.07, 6.45) is 0. The maximum absolute atomic E-state index is 13.1. The highest BCUT2D eigenvalue weighted by Crippen LogP contribution is 2.26. The van der Waals surface area contributed by atoms with E-state index in [2.05, 4.69) is 12.1 Å². The summed E-state index contributed by atoms with van der Waals surface area (Å²) in [6.45, 7) is 3.98.